The Hall–Kier alpha value is -2.62. The molecule has 0 aliphatic carbocycles. The highest BCUT2D eigenvalue weighted by molar-refractivity contribution is 6.91. The van der Waals surface area contributed by atoms with Crippen LogP contribution >= 0.6 is 0 Å². The van der Waals surface area contributed by atoms with Crippen LogP contribution in [0.15, 0.2) is 72.0 Å². The molecule has 4 heteroatoms. The standard InChI is InChI=1S/C19H20BNO2/c1-14-19(15(2)22)16(3)23-20(21-14,17-10-6-4-7-11-17)18-12-8-5-9-13-18/h4-13,21H,1-3H3. The molecule has 2 aromatic rings. The highest BCUT2D eigenvalue weighted by Gasteiger charge is 2.44. The molecular weight excluding hydrogens is 285 g/mol. The largest absolute Gasteiger partial charge is 0.654 e. The van der Waals surface area contributed by atoms with E-state index < -0.39 is 6.48 Å². The number of benzene rings is 2. The van der Waals surface area contributed by atoms with Gasteiger partial charge in [-0.25, -0.2) is 0 Å². The highest BCUT2D eigenvalue weighted by atomic mass is 16.5. The molecule has 2 aromatic carbocycles. The summed E-state index contributed by atoms with van der Waals surface area (Å²) >= 11 is 0. The minimum atomic E-state index is -1.64. The van der Waals surface area contributed by atoms with E-state index in [2.05, 4.69) is 29.2 Å². The lowest BCUT2D eigenvalue weighted by Crippen LogP contribution is -3.01. The van der Waals surface area contributed by atoms with Gasteiger partial charge in [-0.15, -0.1) is 0 Å². The molecule has 0 unspecified atom stereocenters. The fraction of sp³-hybridized carbons (Fsp3) is 0.158. The predicted molar refractivity (Wildman–Crippen MR) is 94.0 cm³/mol. The normalized spacial score (nSPS) is 16.6. The molecule has 0 spiro atoms. The Morgan fingerprint density at radius 2 is 1.39 bits per heavy atom. The van der Waals surface area contributed by atoms with Crippen molar-refractivity contribution in [3.8, 4) is 0 Å². The first-order valence-corrected chi connectivity index (χ1v) is 7.83. The topological polar surface area (TPSA) is 40.3 Å². The molecule has 3 rings (SSSR count). The number of hydrogen-bond donors (Lipinski definition) is 1. The zero-order valence-electron chi connectivity index (χ0n) is 13.7. The van der Waals surface area contributed by atoms with E-state index in [4.69, 9.17) is 4.65 Å². The fourth-order valence-electron chi connectivity index (χ4n) is 3.45. The average Bonchev–Trinajstić information content (AvgIpc) is 2.55. The van der Waals surface area contributed by atoms with Crippen molar-refractivity contribution in [2.75, 3.05) is 0 Å². The molecule has 0 atom stereocenters. The quantitative estimate of drug-likeness (QED) is 0.847. The summed E-state index contributed by atoms with van der Waals surface area (Å²) in [7, 11) is 0. The Morgan fingerprint density at radius 3 is 1.78 bits per heavy atom. The third-order valence-electron chi connectivity index (χ3n) is 4.39. The van der Waals surface area contributed by atoms with Gasteiger partial charge in [0.05, 0.1) is 5.76 Å². The molecule has 116 valence electrons. The van der Waals surface area contributed by atoms with Crippen molar-refractivity contribution in [3.05, 3.63) is 72.0 Å². The zero-order chi connectivity index (χ0) is 16.4. The molecule has 23 heavy (non-hydrogen) atoms. The van der Waals surface area contributed by atoms with Crippen LogP contribution in [0, 0.1) is 0 Å². The number of ketones is 1. The molecule has 1 aliphatic heterocycles. The maximum absolute atomic E-state index is 11.9. The van der Waals surface area contributed by atoms with Crippen LogP contribution in [0.3, 0.4) is 0 Å². The first kappa shape index (κ1) is 15.3. The van der Waals surface area contributed by atoms with Crippen molar-refractivity contribution in [1.82, 2.24) is 0 Å². The SMILES string of the molecule is CC(=O)C1=C(C)O[B-](c2ccccc2)(c2ccccc2)[NH+]=C1C. The monoisotopic (exact) mass is 305 g/mol. The Bertz CT molecular complexity index is 755. The summed E-state index contributed by atoms with van der Waals surface area (Å²) in [5, 5.41) is 0. The number of carbonyl (C=O) groups is 1. The molecule has 0 saturated heterocycles. The van der Waals surface area contributed by atoms with Gasteiger partial charge in [-0.3, -0.25) is 4.79 Å². The smallest absolute Gasteiger partial charge is 0.506 e. The molecule has 0 bridgehead atoms. The Balaban J connectivity index is 2.24. The second kappa shape index (κ2) is 5.88. The molecular formula is C19H20BNO2. The molecule has 0 fully saturated rings. The van der Waals surface area contributed by atoms with Crippen LogP contribution in [0.5, 0.6) is 0 Å². The van der Waals surface area contributed by atoms with Gasteiger partial charge < -0.3 is 9.56 Å². The Kier molecular flexibility index (Phi) is 3.91. The first-order valence-electron chi connectivity index (χ1n) is 7.83. The van der Waals surface area contributed by atoms with E-state index in [1.54, 1.807) is 6.92 Å². The van der Waals surface area contributed by atoms with E-state index in [0.717, 1.165) is 16.6 Å². The van der Waals surface area contributed by atoms with Gasteiger partial charge in [-0.1, -0.05) is 71.6 Å². The lowest BCUT2D eigenvalue weighted by atomic mass is 9.42. The average molecular weight is 305 g/mol. The zero-order valence-corrected chi connectivity index (χ0v) is 13.7. The minimum Gasteiger partial charge on any atom is -0.654 e. The predicted octanol–water partition coefficient (Wildman–Crippen LogP) is 0.678. The number of carbonyl (C=O) groups excluding carboxylic acids is 1. The van der Waals surface area contributed by atoms with Crippen molar-refractivity contribution < 1.29 is 14.4 Å². The number of allylic oxidation sites excluding steroid dienone is 2. The van der Waals surface area contributed by atoms with Gasteiger partial charge in [0.25, 0.3) is 0 Å². The molecule has 1 heterocycles. The van der Waals surface area contributed by atoms with Crippen LogP contribution in [-0.4, -0.2) is 18.0 Å². The third kappa shape index (κ3) is 2.61. The van der Waals surface area contributed by atoms with E-state index in [1.807, 2.05) is 50.2 Å². The van der Waals surface area contributed by atoms with Crippen LogP contribution in [0.25, 0.3) is 0 Å². The van der Waals surface area contributed by atoms with Crippen LogP contribution in [0.2, 0.25) is 0 Å². The van der Waals surface area contributed by atoms with Crippen molar-refractivity contribution in [2.45, 2.75) is 20.8 Å². The van der Waals surface area contributed by atoms with E-state index in [-0.39, 0.29) is 5.78 Å². The third-order valence-corrected chi connectivity index (χ3v) is 4.39. The van der Waals surface area contributed by atoms with Gasteiger partial charge in [0.2, 0.25) is 0 Å². The van der Waals surface area contributed by atoms with E-state index >= 15 is 0 Å². The second-order valence-corrected chi connectivity index (χ2v) is 5.98. The van der Waals surface area contributed by atoms with Crippen LogP contribution in [0.4, 0.5) is 0 Å². The van der Waals surface area contributed by atoms with E-state index in [9.17, 15) is 4.79 Å². The molecule has 1 aliphatic rings. The van der Waals surface area contributed by atoms with Gasteiger partial charge in [-0.05, 0) is 13.8 Å². The van der Waals surface area contributed by atoms with Gasteiger partial charge in [0, 0.05) is 6.92 Å². The summed E-state index contributed by atoms with van der Waals surface area (Å²) in [5.41, 5.74) is 3.60. The summed E-state index contributed by atoms with van der Waals surface area (Å²) in [6, 6.07) is 20.2. The summed E-state index contributed by atoms with van der Waals surface area (Å²) in [4.78, 5) is 15.4. The Morgan fingerprint density at radius 1 is 0.913 bits per heavy atom. The number of hydrogen-bond acceptors (Lipinski definition) is 2. The maximum atomic E-state index is 11.9. The maximum Gasteiger partial charge on any atom is 0.506 e. The highest BCUT2D eigenvalue weighted by Crippen LogP contribution is 2.15. The molecule has 0 amide bonds. The minimum absolute atomic E-state index is 0.0121. The number of rotatable bonds is 3. The number of Topliss-reactive ketones (excluding diaryl/α,β-unsaturated/α-hetero) is 1. The molecule has 0 saturated carbocycles. The molecule has 1 N–H and O–H groups in total. The lowest BCUT2D eigenvalue weighted by Gasteiger charge is -2.37. The molecule has 0 radical (unpaired) electrons. The summed E-state index contributed by atoms with van der Waals surface area (Å²) in [6.07, 6.45) is 0. The van der Waals surface area contributed by atoms with Gasteiger partial charge in [-0.2, -0.15) is 0 Å². The van der Waals surface area contributed by atoms with Crippen LogP contribution in [0.1, 0.15) is 20.8 Å². The van der Waals surface area contributed by atoms with Crippen molar-refractivity contribution in [1.29, 1.82) is 0 Å². The van der Waals surface area contributed by atoms with Crippen LogP contribution in [-0.2, 0) is 9.45 Å². The van der Waals surface area contributed by atoms with E-state index in [1.165, 1.54) is 0 Å². The Labute approximate surface area is 136 Å². The van der Waals surface area contributed by atoms with Crippen molar-refractivity contribution >= 4 is 28.9 Å². The summed E-state index contributed by atoms with van der Waals surface area (Å²) < 4.78 is 6.38. The van der Waals surface area contributed by atoms with Gasteiger partial charge >= 0.3 is 6.48 Å². The summed E-state index contributed by atoms with van der Waals surface area (Å²) in [5.74, 6) is 0.680. The van der Waals surface area contributed by atoms with Crippen molar-refractivity contribution in [3.63, 3.8) is 0 Å². The fourth-order valence-corrected chi connectivity index (χ4v) is 3.45. The van der Waals surface area contributed by atoms with Gasteiger partial charge in [0.1, 0.15) is 11.3 Å². The van der Waals surface area contributed by atoms with Gasteiger partial charge in [0.15, 0.2) is 5.78 Å². The van der Waals surface area contributed by atoms with Crippen LogP contribution < -0.4 is 15.8 Å². The van der Waals surface area contributed by atoms with E-state index in [0.29, 0.717) is 11.3 Å². The summed E-state index contributed by atoms with van der Waals surface area (Å²) in [6.45, 7) is 3.72. The molecule has 0 aromatic heterocycles. The molecule has 3 nitrogen and oxygen atoms in total. The second-order valence-electron chi connectivity index (χ2n) is 5.98. The van der Waals surface area contributed by atoms with Crippen molar-refractivity contribution in [2.24, 2.45) is 0 Å². The number of nitrogens with one attached hydrogen (secondary N) is 1. The first-order chi connectivity index (χ1) is 11.0. The lowest BCUT2D eigenvalue weighted by molar-refractivity contribution is -0.324.